The van der Waals surface area contributed by atoms with Gasteiger partial charge in [0.15, 0.2) is 11.6 Å². The fourth-order valence-corrected chi connectivity index (χ4v) is 1.52. The van der Waals surface area contributed by atoms with Crippen LogP contribution in [0.1, 0.15) is 37.8 Å². The summed E-state index contributed by atoms with van der Waals surface area (Å²) in [4.78, 5) is 0. The molecule has 15 heavy (non-hydrogen) atoms. The van der Waals surface area contributed by atoms with Crippen molar-refractivity contribution in [1.29, 1.82) is 0 Å². The van der Waals surface area contributed by atoms with Crippen molar-refractivity contribution in [2.45, 2.75) is 39.5 Å². The second-order valence-corrected chi connectivity index (χ2v) is 3.58. The molecule has 0 radical (unpaired) electrons. The normalized spacial score (nSPS) is 10.7. The smallest absolute Gasteiger partial charge is 0.165 e. The van der Waals surface area contributed by atoms with Gasteiger partial charge < -0.3 is 0 Å². The zero-order valence-electron chi connectivity index (χ0n) is 9.04. The molecule has 0 saturated heterocycles. The lowest BCUT2D eigenvalue weighted by atomic mass is 10.0. The second kappa shape index (κ2) is 5.19. The van der Waals surface area contributed by atoms with E-state index in [1.165, 1.54) is 0 Å². The van der Waals surface area contributed by atoms with Crippen LogP contribution in [0.4, 0.5) is 13.2 Å². The summed E-state index contributed by atoms with van der Waals surface area (Å²) in [5, 5.41) is 0. The average Bonchev–Trinajstić information content (AvgIpc) is 2.23. The van der Waals surface area contributed by atoms with Crippen molar-refractivity contribution in [3.05, 3.63) is 34.6 Å². The van der Waals surface area contributed by atoms with E-state index in [0.29, 0.717) is 12.8 Å². The van der Waals surface area contributed by atoms with Crippen LogP contribution in [0.15, 0.2) is 6.07 Å². The Labute approximate surface area is 88.1 Å². The molecule has 0 nitrogen and oxygen atoms in total. The summed E-state index contributed by atoms with van der Waals surface area (Å²) in [5.41, 5.74) is -0.0169. The van der Waals surface area contributed by atoms with E-state index in [1.807, 2.05) is 6.92 Å². The number of unbranched alkanes of at least 4 members (excludes halogenated alkanes) is 1. The van der Waals surface area contributed by atoms with Gasteiger partial charge in [-0.15, -0.1) is 0 Å². The molecule has 0 saturated carbocycles. The van der Waals surface area contributed by atoms with E-state index in [-0.39, 0.29) is 17.5 Å². The molecular formula is C12H15F3. The van der Waals surface area contributed by atoms with Gasteiger partial charge in [-0.1, -0.05) is 20.3 Å². The van der Waals surface area contributed by atoms with Crippen LogP contribution >= 0.6 is 0 Å². The van der Waals surface area contributed by atoms with Crippen LogP contribution in [0.3, 0.4) is 0 Å². The maximum absolute atomic E-state index is 13.4. The van der Waals surface area contributed by atoms with Gasteiger partial charge in [-0.25, -0.2) is 13.2 Å². The van der Waals surface area contributed by atoms with Gasteiger partial charge in [-0.2, -0.15) is 0 Å². The first-order chi connectivity index (χ1) is 7.11. The van der Waals surface area contributed by atoms with Gasteiger partial charge in [-0.3, -0.25) is 0 Å². The van der Waals surface area contributed by atoms with Crippen molar-refractivity contribution in [3.8, 4) is 0 Å². The van der Waals surface area contributed by atoms with E-state index < -0.39 is 17.5 Å². The molecule has 3 heteroatoms. The highest BCUT2D eigenvalue weighted by atomic mass is 19.2. The van der Waals surface area contributed by atoms with Gasteiger partial charge in [-0.05, 0) is 30.9 Å². The SMILES string of the molecule is CCCCc1c(F)cc(CC)c(F)c1F. The molecular weight excluding hydrogens is 201 g/mol. The summed E-state index contributed by atoms with van der Waals surface area (Å²) in [6.45, 7) is 3.59. The maximum Gasteiger partial charge on any atom is 0.165 e. The number of rotatable bonds is 4. The van der Waals surface area contributed by atoms with Crippen LogP contribution in [-0.4, -0.2) is 0 Å². The van der Waals surface area contributed by atoms with E-state index in [0.717, 1.165) is 12.5 Å². The highest BCUT2D eigenvalue weighted by molar-refractivity contribution is 5.28. The quantitative estimate of drug-likeness (QED) is 0.667. The van der Waals surface area contributed by atoms with Gasteiger partial charge in [0.25, 0.3) is 0 Å². The van der Waals surface area contributed by atoms with Crippen molar-refractivity contribution in [2.75, 3.05) is 0 Å². The Kier molecular flexibility index (Phi) is 4.18. The summed E-state index contributed by atoms with van der Waals surface area (Å²) < 4.78 is 40.1. The lowest BCUT2D eigenvalue weighted by molar-refractivity contribution is 0.469. The zero-order chi connectivity index (χ0) is 11.4. The minimum atomic E-state index is -1.01. The predicted molar refractivity (Wildman–Crippen MR) is 54.3 cm³/mol. The highest BCUT2D eigenvalue weighted by Gasteiger charge is 2.16. The molecule has 0 aliphatic rings. The Morgan fingerprint density at radius 3 is 2.27 bits per heavy atom. The van der Waals surface area contributed by atoms with Gasteiger partial charge in [0.05, 0.1) is 0 Å². The number of hydrogen-bond donors (Lipinski definition) is 0. The third-order valence-electron chi connectivity index (χ3n) is 2.49. The molecule has 1 rings (SSSR count). The molecule has 0 aliphatic heterocycles. The van der Waals surface area contributed by atoms with Crippen LogP contribution in [0, 0.1) is 17.5 Å². The Bertz CT molecular complexity index is 345. The van der Waals surface area contributed by atoms with Gasteiger partial charge in [0.1, 0.15) is 5.82 Å². The molecule has 0 aliphatic carbocycles. The minimum absolute atomic E-state index is 0.102. The monoisotopic (exact) mass is 216 g/mol. The molecule has 0 N–H and O–H groups in total. The lowest BCUT2D eigenvalue weighted by Crippen LogP contribution is -2.03. The predicted octanol–water partition coefficient (Wildman–Crippen LogP) is 4.01. The summed E-state index contributed by atoms with van der Waals surface area (Å²) in [7, 11) is 0. The van der Waals surface area contributed by atoms with E-state index in [4.69, 9.17) is 0 Å². The van der Waals surface area contributed by atoms with E-state index >= 15 is 0 Å². The minimum Gasteiger partial charge on any atom is -0.207 e. The molecule has 1 aromatic rings. The number of halogens is 3. The van der Waals surface area contributed by atoms with Gasteiger partial charge >= 0.3 is 0 Å². The van der Waals surface area contributed by atoms with Crippen molar-refractivity contribution >= 4 is 0 Å². The first-order valence-electron chi connectivity index (χ1n) is 5.27. The molecule has 0 unspecified atom stereocenters. The van der Waals surface area contributed by atoms with E-state index in [2.05, 4.69) is 0 Å². The van der Waals surface area contributed by atoms with Gasteiger partial charge in [0.2, 0.25) is 0 Å². The Morgan fingerprint density at radius 2 is 1.73 bits per heavy atom. The molecule has 0 bridgehead atoms. The second-order valence-electron chi connectivity index (χ2n) is 3.58. The van der Waals surface area contributed by atoms with Crippen molar-refractivity contribution < 1.29 is 13.2 Å². The van der Waals surface area contributed by atoms with Gasteiger partial charge in [0, 0.05) is 5.56 Å². The Morgan fingerprint density at radius 1 is 1.07 bits per heavy atom. The molecule has 0 aromatic heterocycles. The molecule has 0 amide bonds. The zero-order valence-corrected chi connectivity index (χ0v) is 9.04. The summed E-state index contributed by atoms with van der Waals surface area (Å²) in [6.07, 6.45) is 2.05. The molecule has 0 fully saturated rings. The summed E-state index contributed by atoms with van der Waals surface area (Å²) in [6, 6.07) is 1.10. The maximum atomic E-state index is 13.4. The fraction of sp³-hybridized carbons (Fsp3) is 0.500. The fourth-order valence-electron chi connectivity index (χ4n) is 1.52. The Hall–Kier alpha value is -0.990. The number of aryl methyl sites for hydroxylation is 1. The molecule has 1 aromatic carbocycles. The van der Waals surface area contributed by atoms with Crippen molar-refractivity contribution in [2.24, 2.45) is 0 Å². The molecule has 0 heterocycles. The first kappa shape index (κ1) is 12.1. The average molecular weight is 216 g/mol. The van der Waals surface area contributed by atoms with Crippen LogP contribution in [-0.2, 0) is 12.8 Å². The van der Waals surface area contributed by atoms with Crippen molar-refractivity contribution in [3.63, 3.8) is 0 Å². The van der Waals surface area contributed by atoms with E-state index in [1.54, 1.807) is 6.92 Å². The van der Waals surface area contributed by atoms with Crippen LogP contribution in [0.2, 0.25) is 0 Å². The first-order valence-corrected chi connectivity index (χ1v) is 5.27. The summed E-state index contributed by atoms with van der Waals surface area (Å²) in [5.74, 6) is -2.54. The third kappa shape index (κ3) is 2.52. The topological polar surface area (TPSA) is 0 Å². The highest BCUT2D eigenvalue weighted by Crippen LogP contribution is 2.22. The lowest BCUT2D eigenvalue weighted by Gasteiger charge is -2.08. The molecule has 84 valence electrons. The van der Waals surface area contributed by atoms with Crippen LogP contribution in [0.5, 0.6) is 0 Å². The molecule has 0 spiro atoms. The molecule has 0 atom stereocenters. The van der Waals surface area contributed by atoms with Crippen LogP contribution < -0.4 is 0 Å². The van der Waals surface area contributed by atoms with Crippen LogP contribution in [0.25, 0.3) is 0 Å². The largest absolute Gasteiger partial charge is 0.207 e. The number of benzene rings is 1. The van der Waals surface area contributed by atoms with E-state index in [9.17, 15) is 13.2 Å². The Balaban J connectivity index is 3.11. The summed E-state index contributed by atoms with van der Waals surface area (Å²) >= 11 is 0. The number of hydrogen-bond acceptors (Lipinski definition) is 0. The van der Waals surface area contributed by atoms with Crippen molar-refractivity contribution in [1.82, 2.24) is 0 Å². The standard InChI is InChI=1S/C12H15F3/c1-3-5-6-9-10(13)7-8(4-2)11(14)12(9)15/h7H,3-6H2,1-2H3. The third-order valence-corrected chi connectivity index (χ3v) is 2.49.